The second-order valence-corrected chi connectivity index (χ2v) is 6.59. The van der Waals surface area contributed by atoms with Crippen LogP contribution < -0.4 is 10.1 Å². The third-order valence-electron chi connectivity index (χ3n) is 4.09. The molecule has 5 nitrogen and oxygen atoms in total. The number of rotatable bonds is 5. The van der Waals surface area contributed by atoms with Crippen molar-refractivity contribution in [3.63, 3.8) is 0 Å². The number of amides is 1. The summed E-state index contributed by atoms with van der Waals surface area (Å²) in [5.74, 6) is 0.697. The maximum Gasteiger partial charge on any atom is 0.251 e. The molecule has 0 aliphatic carbocycles. The van der Waals surface area contributed by atoms with Gasteiger partial charge in [-0.3, -0.25) is 4.79 Å². The zero-order valence-corrected chi connectivity index (χ0v) is 15.5. The lowest BCUT2D eigenvalue weighted by Crippen LogP contribution is -2.22. The maximum atomic E-state index is 12.4. The zero-order valence-electron chi connectivity index (χ0n) is 15.5. The number of benzene rings is 2. The largest absolute Gasteiger partial charge is 0.491 e. The van der Waals surface area contributed by atoms with Gasteiger partial charge in [-0.15, -0.1) is 0 Å². The quantitative estimate of drug-likeness (QED) is 0.757. The van der Waals surface area contributed by atoms with Crippen molar-refractivity contribution >= 4 is 16.9 Å². The van der Waals surface area contributed by atoms with Crippen molar-refractivity contribution in [3.8, 4) is 5.75 Å². The summed E-state index contributed by atoms with van der Waals surface area (Å²) < 4.78 is 5.62. The molecule has 26 heavy (non-hydrogen) atoms. The molecule has 5 heteroatoms. The molecule has 3 rings (SSSR count). The summed E-state index contributed by atoms with van der Waals surface area (Å²) in [7, 11) is 0. The number of nitrogens with zero attached hydrogens (tertiary/aromatic N) is 2. The predicted octanol–water partition coefficient (Wildman–Crippen LogP) is 3.96. The van der Waals surface area contributed by atoms with Gasteiger partial charge in [0.05, 0.1) is 28.5 Å². The van der Waals surface area contributed by atoms with Crippen molar-refractivity contribution in [1.82, 2.24) is 15.3 Å². The summed E-state index contributed by atoms with van der Waals surface area (Å²) in [5.41, 5.74) is 4.90. The number of carbonyl (C=O) groups is 1. The number of aromatic nitrogens is 2. The molecule has 0 saturated heterocycles. The molecule has 1 aromatic heterocycles. The summed E-state index contributed by atoms with van der Waals surface area (Å²) in [6.45, 7) is 8.29. The van der Waals surface area contributed by atoms with E-state index in [2.05, 4.69) is 15.3 Å². The molecule has 0 spiro atoms. The molecule has 2 aromatic carbocycles. The fourth-order valence-corrected chi connectivity index (χ4v) is 2.61. The molecule has 1 heterocycles. The molecule has 1 N–H and O–H groups in total. The van der Waals surface area contributed by atoms with E-state index in [1.807, 2.05) is 58.0 Å². The number of hydrogen-bond donors (Lipinski definition) is 1. The van der Waals surface area contributed by atoms with Crippen LogP contribution in [0.2, 0.25) is 0 Å². The van der Waals surface area contributed by atoms with Gasteiger partial charge in [-0.25, -0.2) is 9.97 Å². The average molecular weight is 349 g/mol. The first-order valence-electron chi connectivity index (χ1n) is 8.71. The van der Waals surface area contributed by atoms with Gasteiger partial charge in [-0.2, -0.15) is 0 Å². The molecule has 0 saturated carbocycles. The smallest absolute Gasteiger partial charge is 0.251 e. The van der Waals surface area contributed by atoms with Crippen LogP contribution in [0.5, 0.6) is 5.75 Å². The molecular formula is C21H23N3O2. The highest BCUT2D eigenvalue weighted by atomic mass is 16.5. The molecule has 0 bridgehead atoms. The van der Waals surface area contributed by atoms with Crippen LogP contribution in [0.25, 0.3) is 11.0 Å². The standard InChI is InChI=1S/C21H23N3O2/c1-13(2)26-18-8-5-16(6-9-18)12-22-21(25)17-7-10-19-20(11-17)24-15(4)14(3)23-19/h5-11,13H,12H2,1-4H3,(H,22,25). The molecule has 1 amide bonds. The molecule has 0 radical (unpaired) electrons. The highest BCUT2D eigenvalue weighted by Crippen LogP contribution is 2.16. The van der Waals surface area contributed by atoms with Crippen LogP contribution in [0.4, 0.5) is 0 Å². The third-order valence-corrected chi connectivity index (χ3v) is 4.09. The third kappa shape index (κ3) is 4.17. The Kier molecular flexibility index (Phi) is 5.16. The normalized spacial score (nSPS) is 11.0. The van der Waals surface area contributed by atoms with Crippen LogP contribution in [0, 0.1) is 13.8 Å². The minimum absolute atomic E-state index is 0.130. The Hall–Kier alpha value is -2.95. The summed E-state index contributed by atoms with van der Waals surface area (Å²) in [6.07, 6.45) is 0.143. The van der Waals surface area contributed by atoms with E-state index in [4.69, 9.17) is 4.74 Å². The second kappa shape index (κ2) is 7.52. The first-order chi connectivity index (χ1) is 12.4. The molecule has 0 fully saturated rings. The lowest BCUT2D eigenvalue weighted by molar-refractivity contribution is 0.0951. The van der Waals surface area contributed by atoms with E-state index in [0.29, 0.717) is 12.1 Å². The summed E-state index contributed by atoms with van der Waals surface area (Å²) in [6, 6.07) is 13.1. The number of aryl methyl sites for hydroxylation is 2. The Labute approximate surface area is 153 Å². The fraction of sp³-hybridized carbons (Fsp3) is 0.286. The highest BCUT2D eigenvalue weighted by Gasteiger charge is 2.09. The van der Waals surface area contributed by atoms with Gasteiger partial charge in [0.15, 0.2) is 0 Å². The van der Waals surface area contributed by atoms with Crippen molar-refractivity contribution in [2.75, 3.05) is 0 Å². The van der Waals surface area contributed by atoms with Gasteiger partial charge < -0.3 is 10.1 Å². The van der Waals surface area contributed by atoms with Crippen LogP contribution >= 0.6 is 0 Å². The number of fused-ring (bicyclic) bond motifs is 1. The van der Waals surface area contributed by atoms with Gasteiger partial charge in [-0.05, 0) is 63.6 Å². The van der Waals surface area contributed by atoms with Crippen molar-refractivity contribution < 1.29 is 9.53 Å². The van der Waals surface area contributed by atoms with Crippen LogP contribution in [0.3, 0.4) is 0 Å². The minimum Gasteiger partial charge on any atom is -0.491 e. The van der Waals surface area contributed by atoms with Crippen LogP contribution in [0.15, 0.2) is 42.5 Å². The Balaban J connectivity index is 1.68. The van der Waals surface area contributed by atoms with Gasteiger partial charge in [0.2, 0.25) is 0 Å². The first kappa shape index (κ1) is 17.9. The summed E-state index contributed by atoms with van der Waals surface area (Å²) >= 11 is 0. The molecule has 3 aromatic rings. The van der Waals surface area contributed by atoms with Crippen LogP contribution in [0.1, 0.15) is 41.2 Å². The van der Waals surface area contributed by atoms with Crippen molar-refractivity contribution in [1.29, 1.82) is 0 Å². The Morgan fingerprint density at radius 3 is 2.31 bits per heavy atom. The maximum absolute atomic E-state index is 12.4. The summed E-state index contributed by atoms with van der Waals surface area (Å²) in [4.78, 5) is 21.4. The number of carbonyl (C=O) groups excluding carboxylic acids is 1. The van der Waals surface area contributed by atoms with Gasteiger partial charge >= 0.3 is 0 Å². The highest BCUT2D eigenvalue weighted by molar-refractivity contribution is 5.97. The minimum atomic E-state index is -0.130. The number of ether oxygens (including phenoxy) is 1. The van der Waals surface area contributed by atoms with Crippen molar-refractivity contribution in [2.24, 2.45) is 0 Å². The zero-order chi connectivity index (χ0) is 18.7. The molecule has 134 valence electrons. The van der Waals surface area contributed by atoms with E-state index >= 15 is 0 Å². The Morgan fingerprint density at radius 1 is 1.00 bits per heavy atom. The van der Waals surface area contributed by atoms with E-state index in [1.165, 1.54) is 0 Å². The molecule has 0 atom stereocenters. The molecule has 0 aliphatic heterocycles. The summed E-state index contributed by atoms with van der Waals surface area (Å²) in [5, 5.41) is 2.94. The van der Waals surface area contributed by atoms with E-state index in [0.717, 1.165) is 33.7 Å². The molecule has 0 aliphatic rings. The molecular weight excluding hydrogens is 326 g/mol. The van der Waals surface area contributed by atoms with Gasteiger partial charge in [0.25, 0.3) is 5.91 Å². The Morgan fingerprint density at radius 2 is 1.65 bits per heavy atom. The van der Waals surface area contributed by atoms with E-state index in [1.54, 1.807) is 12.1 Å². The molecule has 0 unspecified atom stereocenters. The monoisotopic (exact) mass is 349 g/mol. The lowest BCUT2D eigenvalue weighted by atomic mass is 10.1. The van der Waals surface area contributed by atoms with E-state index in [-0.39, 0.29) is 12.0 Å². The Bertz CT molecular complexity index is 934. The first-order valence-corrected chi connectivity index (χ1v) is 8.71. The van der Waals surface area contributed by atoms with Crippen molar-refractivity contribution in [2.45, 2.75) is 40.3 Å². The lowest BCUT2D eigenvalue weighted by Gasteiger charge is -2.11. The second-order valence-electron chi connectivity index (χ2n) is 6.59. The number of hydrogen-bond acceptors (Lipinski definition) is 4. The van der Waals surface area contributed by atoms with Crippen LogP contribution in [-0.2, 0) is 6.54 Å². The van der Waals surface area contributed by atoms with E-state index in [9.17, 15) is 4.79 Å². The average Bonchev–Trinajstić information content (AvgIpc) is 2.61. The van der Waals surface area contributed by atoms with Gasteiger partial charge in [-0.1, -0.05) is 12.1 Å². The van der Waals surface area contributed by atoms with E-state index < -0.39 is 0 Å². The van der Waals surface area contributed by atoms with Crippen molar-refractivity contribution in [3.05, 3.63) is 65.0 Å². The topological polar surface area (TPSA) is 64.1 Å². The SMILES string of the molecule is Cc1nc2ccc(C(=O)NCc3ccc(OC(C)C)cc3)cc2nc1C. The fourth-order valence-electron chi connectivity index (χ4n) is 2.61. The number of nitrogens with one attached hydrogen (secondary N) is 1. The van der Waals surface area contributed by atoms with Crippen LogP contribution in [-0.4, -0.2) is 22.0 Å². The van der Waals surface area contributed by atoms with Gasteiger partial charge in [0.1, 0.15) is 5.75 Å². The van der Waals surface area contributed by atoms with Gasteiger partial charge in [0, 0.05) is 12.1 Å². The predicted molar refractivity (Wildman–Crippen MR) is 102 cm³/mol.